The van der Waals surface area contributed by atoms with Crippen LogP contribution in [0.25, 0.3) is 6.08 Å². The van der Waals surface area contributed by atoms with Crippen LogP contribution in [0.1, 0.15) is 16.7 Å². The molecule has 0 unspecified atom stereocenters. The molecule has 4 nitrogen and oxygen atoms in total. The van der Waals surface area contributed by atoms with Crippen LogP contribution in [0.4, 0.5) is 16.2 Å². The van der Waals surface area contributed by atoms with Gasteiger partial charge in [-0.3, -0.25) is 0 Å². The monoisotopic (exact) mass is 281 g/mol. The zero-order valence-corrected chi connectivity index (χ0v) is 12.2. The zero-order valence-electron chi connectivity index (χ0n) is 12.2. The molecule has 2 aromatic carbocycles. The summed E-state index contributed by atoms with van der Waals surface area (Å²) >= 11 is 0. The van der Waals surface area contributed by atoms with E-state index in [1.54, 1.807) is 12.3 Å². The van der Waals surface area contributed by atoms with Gasteiger partial charge in [-0.15, -0.1) is 0 Å². The number of nitrogens with one attached hydrogen (secondary N) is 2. The van der Waals surface area contributed by atoms with Crippen LogP contribution >= 0.6 is 0 Å². The molecule has 0 saturated carbocycles. The normalized spacial score (nSPS) is 10.6. The number of nitrogens with two attached hydrogens (primary N) is 1. The van der Waals surface area contributed by atoms with Gasteiger partial charge in [-0.25, -0.2) is 4.79 Å². The van der Waals surface area contributed by atoms with Crippen molar-refractivity contribution in [3.8, 4) is 0 Å². The van der Waals surface area contributed by atoms with Crippen LogP contribution in [0.15, 0.2) is 48.7 Å². The molecule has 0 bridgehead atoms. The van der Waals surface area contributed by atoms with E-state index in [2.05, 4.69) is 10.6 Å². The highest BCUT2D eigenvalue weighted by Crippen LogP contribution is 2.19. The lowest BCUT2D eigenvalue weighted by Crippen LogP contribution is -2.24. The number of anilines is 2. The first kappa shape index (κ1) is 14.7. The van der Waals surface area contributed by atoms with Gasteiger partial charge in [0, 0.05) is 6.20 Å². The van der Waals surface area contributed by atoms with Crippen molar-refractivity contribution in [3.63, 3.8) is 0 Å². The van der Waals surface area contributed by atoms with Crippen LogP contribution in [-0.2, 0) is 0 Å². The average molecular weight is 281 g/mol. The predicted octanol–water partition coefficient (Wildman–Crippen LogP) is 3.68. The third kappa shape index (κ3) is 4.38. The summed E-state index contributed by atoms with van der Waals surface area (Å²) in [6.45, 7) is 3.98. The van der Waals surface area contributed by atoms with Crippen LogP contribution in [-0.4, -0.2) is 6.03 Å². The van der Waals surface area contributed by atoms with Gasteiger partial charge in [-0.05, 0) is 43.2 Å². The summed E-state index contributed by atoms with van der Waals surface area (Å²) in [5, 5.41) is 5.37. The van der Waals surface area contributed by atoms with Gasteiger partial charge in [0.15, 0.2) is 0 Å². The summed E-state index contributed by atoms with van der Waals surface area (Å²) in [4.78, 5) is 11.8. The second kappa shape index (κ2) is 6.61. The first-order valence-corrected chi connectivity index (χ1v) is 6.71. The number of hydrogen-bond donors (Lipinski definition) is 3. The Labute approximate surface area is 124 Å². The maximum Gasteiger partial charge on any atom is 0.323 e. The molecule has 0 aliphatic heterocycles. The summed E-state index contributed by atoms with van der Waals surface area (Å²) in [5.74, 6) is 0. The van der Waals surface area contributed by atoms with Gasteiger partial charge in [0.25, 0.3) is 0 Å². The molecular formula is C17H19N3O. The number of aryl methyl sites for hydroxylation is 2. The van der Waals surface area contributed by atoms with E-state index in [4.69, 9.17) is 5.73 Å². The first-order valence-electron chi connectivity index (χ1n) is 6.71. The van der Waals surface area contributed by atoms with Crippen molar-refractivity contribution < 1.29 is 4.79 Å². The van der Waals surface area contributed by atoms with E-state index in [9.17, 15) is 4.79 Å². The van der Waals surface area contributed by atoms with Gasteiger partial charge in [0.2, 0.25) is 0 Å². The molecular weight excluding hydrogens is 262 g/mol. The summed E-state index contributed by atoms with van der Waals surface area (Å²) in [7, 11) is 0. The highest BCUT2D eigenvalue weighted by Gasteiger charge is 2.03. The molecule has 0 radical (unpaired) electrons. The van der Waals surface area contributed by atoms with Crippen molar-refractivity contribution >= 4 is 23.5 Å². The number of rotatable bonds is 3. The van der Waals surface area contributed by atoms with Crippen molar-refractivity contribution in [2.24, 2.45) is 0 Å². The molecule has 21 heavy (non-hydrogen) atoms. The lowest BCUT2D eigenvalue weighted by Gasteiger charge is -2.08. The third-order valence-electron chi connectivity index (χ3n) is 3.02. The van der Waals surface area contributed by atoms with Gasteiger partial charge in [0.05, 0.1) is 11.4 Å². The molecule has 4 N–H and O–H groups in total. The Morgan fingerprint density at radius 1 is 1.05 bits per heavy atom. The highest BCUT2D eigenvalue weighted by atomic mass is 16.2. The lowest BCUT2D eigenvalue weighted by atomic mass is 10.1. The molecule has 2 aromatic rings. The molecule has 2 amide bonds. The Morgan fingerprint density at radius 3 is 2.43 bits per heavy atom. The molecule has 0 aliphatic rings. The van der Waals surface area contributed by atoms with Crippen molar-refractivity contribution in [1.82, 2.24) is 5.32 Å². The van der Waals surface area contributed by atoms with E-state index >= 15 is 0 Å². The van der Waals surface area contributed by atoms with E-state index in [1.807, 2.05) is 56.3 Å². The SMILES string of the molecule is Cc1ccc(/C=C/NC(=O)Nc2cc(C)ccc2N)cc1. The number of benzene rings is 2. The van der Waals surface area contributed by atoms with Crippen LogP contribution in [0.3, 0.4) is 0 Å². The molecule has 0 saturated heterocycles. The van der Waals surface area contributed by atoms with Crippen molar-refractivity contribution in [2.75, 3.05) is 11.1 Å². The standard InChI is InChI=1S/C17H19N3O/c1-12-3-6-14(7-4-12)9-10-19-17(21)20-16-11-13(2)5-8-15(16)18/h3-11H,18H2,1-2H3,(H2,19,20,21)/b10-9+. The van der Waals surface area contributed by atoms with Crippen LogP contribution in [0, 0.1) is 13.8 Å². The minimum Gasteiger partial charge on any atom is -0.397 e. The lowest BCUT2D eigenvalue weighted by molar-refractivity contribution is 0.255. The number of carbonyl (C=O) groups is 1. The number of hydrogen-bond acceptors (Lipinski definition) is 2. The van der Waals surface area contributed by atoms with Crippen molar-refractivity contribution in [1.29, 1.82) is 0 Å². The Hall–Kier alpha value is -2.75. The molecule has 0 heterocycles. The Bertz CT molecular complexity index is 660. The Balaban J connectivity index is 1.93. The highest BCUT2D eigenvalue weighted by molar-refractivity contribution is 5.93. The number of amides is 2. The Morgan fingerprint density at radius 2 is 1.71 bits per heavy atom. The summed E-state index contributed by atoms with van der Waals surface area (Å²) < 4.78 is 0. The number of nitrogen functional groups attached to an aromatic ring is 1. The number of carbonyl (C=O) groups excluding carboxylic acids is 1. The smallest absolute Gasteiger partial charge is 0.323 e. The minimum absolute atomic E-state index is 0.323. The van der Waals surface area contributed by atoms with Crippen molar-refractivity contribution in [3.05, 3.63) is 65.4 Å². The molecule has 0 atom stereocenters. The van der Waals surface area contributed by atoms with E-state index < -0.39 is 0 Å². The maximum atomic E-state index is 11.8. The van der Waals surface area contributed by atoms with Crippen molar-refractivity contribution in [2.45, 2.75) is 13.8 Å². The summed E-state index contributed by atoms with van der Waals surface area (Å²) in [5.41, 5.74) is 10.2. The fourth-order valence-corrected chi connectivity index (χ4v) is 1.83. The molecule has 2 rings (SSSR count). The van der Waals surface area contributed by atoms with Gasteiger partial charge < -0.3 is 16.4 Å². The van der Waals surface area contributed by atoms with Gasteiger partial charge in [-0.1, -0.05) is 35.9 Å². The predicted molar refractivity (Wildman–Crippen MR) is 88.0 cm³/mol. The second-order valence-corrected chi connectivity index (χ2v) is 4.93. The molecule has 0 aliphatic carbocycles. The van der Waals surface area contributed by atoms with Crippen LogP contribution < -0.4 is 16.4 Å². The van der Waals surface area contributed by atoms with Crippen LogP contribution in [0.5, 0.6) is 0 Å². The van der Waals surface area contributed by atoms with E-state index in [0.717, 1.165) is 11.1 Å². The van der Waals surface area contributed by atoms with Crippen LogP contribution in [0.2, 0.25) is 0 Å². The summed E-state index contributed by atoms with van der Waals surface area (Å²) in [6.07, 6.45) is 3.44. The quantitative estimate of drug-likeness (QED) is 0.751. The fourth-order valence-electron chi connectivity index (χ4n) is 1.83. The maximum absolute atomic E-state index is 11.8. The van der Waals surface area contributed by atoms with E-state index in [-0.39, 0.29) is 6.03 Å². The van der Waals surface area contributed by atoms with Gasteiger partial charge >= 0.3 is 6.03 Å². The topological polar surface area (TPSA) is 67.2 Å². The van der Waals surface area contributed by atoms with Gasteiger partial charge in [0.1, 0.15) is 0 Å². The minimum atomic E-state index is -0.323. The molecule has 108 valence electrons. The largest absolute Gasteiger partial charge is 0.397 e. The zero-order chi connectivity index (χ0) is 15.2. The number of urea groups is 1. The van der Waals surface area contributed by atoms with Gasteiger partial charge in [-0.2, -0.15) is 0 Å². The van der Waals surface area contributed by atoms with E-state index in [0.29, 0.717) is 11.4 Å². The summed E-state index contributed by atoms with van der Waals surface area (Å²) in [6, 6.07) is 13.2. The molecule has 0 spiro atoms. The fraction of sp³-hybridized carbons (Fsp3) is 0.118. The average Bonchev–Trinajstić information content (AvgIpc) is 2.45. The first-order chi connectivity index (χ1) is 10.0. The Kier molecular flexibility index (Phi) is 4.61. The van der Waals surface area contributed by atoms with E-state index in [1.165, 1.54) is 5.56 Å². The molecule has 0 fully saturated rings. The third-order valence-corrected chi connectivity index (χ3v) is 3.02. The second-order valence-electron chi connectivity index (χ2n) is 4.93. The molecule has 0 aromatic heterocycles. The molecule has 4 heteroatoms.